The Morgan fingerprint density at radius 3 is 2.30 bits per heavy atom. The van der Waals surface area contributed by atoms with Gasteiger partial charge in [0.05, 0.1) is 11.0 Å². The molecule has 0 radical (unpaired) electrons. The Hall–Kier alpha value is -1.39. The first-order valence-electron chi connectivity index (χ1n) is 8.34. The number of aromatic nitrogens is 2. The normalized spacial score (nSPS) is 17.0. The van der Waals surface area contributed by atoms with E-state index in [0.717, 1.165) is 38.5 Å². The van der Waals surface area contributed by atoms with Crippen LogP contribution in [0.2, 0.25) is 0 Å². The maximum atomic E-state index is 6.47. The molecule has 2 aromatic rings. The summed E-state index contributed by atoms with van der Waals surface area (Å²) in [5.74, 6) is 1.39. The van der Waals surface area contributed by atoms with E-state index in [1.165, 1.54) is 5.56 Å². The second-order valence-electron chi connectivity index (χ2n) is 6.44. The van der Waals surface area contributed by atoms with Crippen molar-refractivity contribution in [2.45, 2.75) is 63.3 Å². The first-order chi connectivity index (χ1) is 10.6. The summed E-state index contributed by atoms with van der Waals surface area (Å²) in [4.78, 5) is 4.75. The first-order valence-corrected chi connectivity index (χ1v) is 8.34. The zero-order valence-electron chi connectivity index (χ0n) is 13.9. The summed E-state index contributed by atoms with van der Waals surface area (Å²) in [6.07, 6.45) is 6.03. The minimum absolute atomic E-state index is 0. The summed E-state index contributed by atoms with van der Waals surface area (Å²) in [6, 6.07) is 10.4. The van der Waals surface area contributed by atoms with Crippen molar-refractivity contribution in [2.24, 2.45) is 5.73 Å². The van der Waals surface area contributed by atoms with Crippen molar-refractivity contribution in [3.8, 4) is 0 Å². The molecule has 0 aliphatic heterocycles. The van der Waals surface area contributed by atoms with Gasteiger partial charge in [-0.1, -0.05) is 62.2 Å². The Balaban J connectivity index is 0.00000192. The molecule has 0 amide bonds. The Morgan fingerprint density at radius 2 is 1.74 bits per heavy atom. The number of rotatable bonds is 5. The maximum absolute atomic E-state index is 6.47. The predicted octanol–water partition coefficient (Wildman–Crippen LogP) is 4.33. The van der Waals surface area contributed by atoms with Gasteiger partial charge in [0.15, 0.2) is 5.82 Å². The van der Waals surface area contributed by atoms with Crippen LogP contribution in [0.1, 0.15) is 69.7 Å². The van der Waals surface area contributed by atoms with Crippen LogP contribution in [0.25, 0.3) is 0 Å². The van der Waals surface area contributed by atoms with Crippen LogP contribution in [0.3, 0.4) is 0 Å². The smallest absolute Gasteiger partial charge is 0.237 e. The average molecular weight is 336 g/mol. The van der Waals surface area contributed by atoms with E-state index in [0.29, 0.717) is 11.7 Å². The quantitative estimate of drug-likeness (QED) is 0.883. The molecular weight excluding hydrogens is 310 g/mol. The standard InChI is InChI=1S/C18H25N3O.ClH/c1-3-17(4-2,14-10-6-5-7-11-14)16-20-15(21-22-16)18(19)12-8-9-13-18;/h5-7,10-11H,3-4,8-9,12-13,19H2,1-2H3;1H. The van der Waals surface area contributed by atoms with Crippen molar-refractivity contribution in [3.63, 3.8) is 0 Å². The Morgan fingerprint density at radius 1 is 1.13 bits per heavy atom. The fourth-order valence-corrected chi connectivity index (χ4v) is 3.69. The highest BCUT2D eigenvalue weighted by atomic mass is 35.5. The van der Waals surface area contributed by atoms with Gasteiger partial charge in [-0.2, -0.15) is 4.98 Å². The van der Waals surface area contributed by atoms with Gasteiger partial charge in [0.2, 0.25) is 5.89 Å². The van der Waals surface area contributed by atoms with Crippen LogP contribution in [0.15, 0.2) is 34.9 Å². The van der Waals surface area contributed by atoms with Gasteiger partial charge in [-0.3, -0.25) is 0 Å². The lowest BCUT2D eigenvalue weighted by Gasteiger charge is -2.28. The topological polar surface area (TPSA) is 64.9 Å². The van der Waals surface area contributed by atoms with Crippen LogP contribution < -0.4 is 5.73 Å². The molecular formula is C18H26ClN3O. The van der Waals surface area contributed by atoms with E-state index in [1.807, 2.05) is 6.07 Å². The van der Waals surface area contributed by atoms with E-state index in [9.17, 15) is 0 Å². The SMILES string of the molecule is CCC(CC)(c1ccccc1)c1nc(C2(N)CCCC2)no1.Cl. The molecule has 1 aliphatic carbocycles. The number of halogens is 1. The van der Waals surface area contributed by atoms with Gasteiger partial charge in [-0.25, -0.2) is 0 Å². The summed E-state index contributed by atoms with van der Waals surface area (Å²) >= 11 is 0. The van der Waals surface area contributed by atoms with E-state index in [-0.39, 0.29) is 17.8 Å². The van der Waals surface area contributed by atoms with Crippen LogP contribution in [-0.4, -0.2) is 10.1 Å². The lowest BCUT2D eigenvalue weighted by Crippen LogP contribution is -2.35. The van der Waals surface area contributed by atoms with Crippen LogP contribution in [0, 0.1) is 0 Å². The van der Waals surface area contributed by atoms with Crippen molar-refractivity contribution in [1.29, 1.82) is 0 Å². The molecule has 1 aromatic heterocycles. The number of hydrogen-bond donors (Lipinski definition) is 1. The summed E-state index contributed by atoms with van der Waals surface area (Å²) in [5, 5.41) is 4.25. The maximum Gasteiger partial charge on any atom is 0.237 e. The lowest BCUT2D eigenvalue weighted by molar-refractivity contribution is 0.290. The van der Waals surface area contributed by atoms with Crippen molar-refractivity contribution >= 4 is 12.4 Å². The van der Waals surface area contributed by atoms with E-state index in [1.54, 1.807) is 0 Å². The highest BCUT2D eigenvalue weighted by molar-refractivity contribution is 5.85. The number of benzene rings is 1. The second-order valence-corrected chi connectivity index (χ2v) is 6.44. The van der Waals surface area contributed by atoms with Crippen LogP contribution in [0.5, 0.6) is 0 Å². The minimum Gasteiger partial charge on any atom is -0.338 e. The second kappa shape index (κ2) is 7.02. The van der Waals surface area contributed by atoms with Gasteiger partial charge in [0.1, 0.15) is 0 Å². The molecule has 0 saturated heterocycles. The fourth-order valence-electron chi connectivity index (χ4n) is 3.69. The molecule has 1 aliphatic rings. The van der Waals surface area contributed by atoms with Gasteiger partial charge in [-0.05, 0) is 31.2 Å². The molecule has 1 heterocycles. The molecule has 3 rings (SSSR count). The highest BCUT2D eigenvalue weighted by Gasteiger charge is 2.41. The Kier molecular flexibility index (Phi) is 5.48. The zero-order valence-corrected chi connectivity index (χ0v) is 14.7. The van der Waals surface area contributed by atoms with Crippen molar-refractivity contribution in [3.05, 3.63) is 47.6 Å². The minimum atomic E-state index is -0.397. The fraction of sp³-hybridized carbons (Fsp3) is 0.556. The highest BCUT2D eigenvalue weighted by Crippen LogP contribution is 2.40. The molecule has 0 spiro atoms. The number of nitrogens with two attached hydrogens (primary N) is 1. The molecule has 126 valence electrons. The molecule has 0 unspecified atom stereocenters. The van der Waals surface area contributed by atoms with E-state index < -0.39 is 5.54 Å². The molecule has 1 aromatic carbocycles. The van der Waals surface area contributed by atoms with Crippen LogP contribution >= 0.6 is 12.4 Å². The third kappa shape index (κ3) is 3.02. The van der Waals surface area contributed by atoms with Crippen LogP contribution in [-0.2, 0) is 11.0 Å². The number of nitrogens with zero attached hydrogens (tertiary/aromatic N) is 2. The van der Waals surface area contributed by atoms with Gasteiger partial charge < -0.3 is 10.3 Å². The van der Waals surface area contributed by atoms with Gasteiger partial charge in [0.25, 0.3) is 0 Å². The molecule has 5 heteroatoms. The monoisotopic (exact) mass is 335 g/mol. The Labute approximate surface area is 144 Å². The van der Waals surface area contributed by atoms with Gasteiger partial charge in [0, 0.05) is 0 Å². The molecule has 0 atom stereocenters. The summed E-state index contributed by atoms with van der Waals surface area (Å²) in [5.41, 5.74) is 7.09. The molecule has 23 heavy (non-hydrogen) atoms. The number of hydrogen-bond acceptors (Lipinski definition) is 4. The van der Waals surface area contributed by atoms with Crippen LogP contribution in [0.4, 0.5) is 0 Å². The zero-order chi connectivity index (χ0) is 15.6. The molecule has 4 nitrogen and oxygen atoms in total. The average Bonchev–Trinajstić information content (AvgIpc) is 3.21. The Bertz CT molecular complexity index is 616. The summed E-state index contributed by atoms with van der Waals surface area (Å²) < 4.78 is 5.70. The largest absolute Gasteiger partial charge is 0.338 e. The van der Waals surface area contributed by atoms with Crippen molar-refractivity contribution in [2.75, 3.05) is 0 Å². The van der Waals surface area contributed by atoms with E-state index >= 15 is 0 Å². The molecule has 1 saturated carbocycles. The van der Waals surface area contributed by atoms with E-state index in [2.05, 4.69) is 43.3 Å². The van der Waals surface area contributed by atoms with Gasteiger partial charge in [-0.15, -0.1) is 12.4 Å². The third-order valence-electron chi connectivity index (χ3n) is 5.31. The molecule has 1 fully saturated rings. The molecule has 2 N–H and O–H groups in total. The predicted molar refractivity (Wildman–Crippen MR) is 93.7 cm³/mol. The lowest BCUT2D eigenvalue weighted by atomic mass is 9.75. The van der Waals surface area contributed by atoms with Crippen molar-refractivity contribution in [1.82, 2.24) is 10.1 Å². The third-order valence-corrected chi connectivity index (χ3v) is 5.31. The van der Waals surface area contributed by atoms with Gasteiger partial charge >= 0.3 is 0 Å². The molecule has 0 bridgehead atoms. The van der Waals surface area contributed by atoms with Crippen molar-refractivity contribution < 1.29 is 4.52 Å². The summed E-state index contributed by atoms with van der Waals surface area (Å²) in [6.45, 7) is 4.35. The first kappa shape index (κ1) is 18.0. The summed E-state index contributed by atoms with van der Waals surface area (Å²) in [7, 11) is 0. The van der Waals surface area contributed by atoms with E-state index in [4.69, 9.17) is 15.2 Å².